The summed E-state index contributed by atoms with van der Waals surface area (Å²) in [6.45, 7) is 3.60. The van der Waals surface area contributed by atoms with Crippen molar-refractivity contribution in [1.82, 2.24) is 15.1 Å². The van der Waals surface area contributed by atoms with Crippen LogP contribution in [-0.4, -0.2) is 32.4 Å². The minimum atomic E-state index is -0.212. The number of ether oxygens (including phenoxy) is 1. The summed E-state index contributed by atoms with van der Waals surface area (Å²) in [5, 5.41) is 24.0. The molecule has 0 spiro atoms. The number of methoxy groups -OCH3 is 1. The molecule has 7 heteroatoms. The molecule has 0 saturated carbocycles. The van der Waals surface area contributed by atoms with Crippen LogP contribution in [0.15, 0.2) is 34.2 Å². The van der Waals surface area contributed by atoms with Gasteiger partial charge in [0.2, 0.25) is 0 Å². The molecule has 120 valence electrons. The third kappa shape index (κ3) is 2.65. The third-order valence-electron chi connectivity index (χ3n) is 3.84. The Morgan fingerprint density at radius 2 is 2.09 bits per heavy atom. The van der Waals surface area contributed by atoms with Crippen LogP contribution in [0.25, 0.3) is 11.5 Å². The quantitative estimate of drug-likeness (QED) is 0.898. The van der Waals surface area contributed by atoms with Crippen LogP contribution in [0.5, 0.6) is 11.5 Å². The van der Waals surface area contributed by atoms with E-state index in [2.05, 4.69) is 15.1 Å². The molecule has 0 aliphatic heterocycles. The van der Waals surface area contributed by atoms with Gasteiger partial charge in [0.15, 0.2) is 11.6 Å². The maximum Gasteiger partial charge on any atom is 0.265 e. The summed E-state index contributed by atoms with van der Waals surface area (Å²) in [6.07, 6.45) is 5.95. The van der Waals surface area contributed by atoms with E-state index >= 15 is 0 Å². The predicted molar refractivity (Wildman–Crippen MR) is 81.8 cm³/mol. The number of rotatable bonds is 3. The molecule has 1 unspecified atom stereocenters. The number of aryl methyl sites for hydroxylation is 1. The molecular weight excluding hydrogens is 298 g/mol. The molecule has 7 nitrogen and oxygen atoms in total. The molecule has 2 aromatic heterocycles. The molecule has 2 heterocycles. The molecule has 0 amide bonds. The van der Waals surface area contributed by atoms with Crippen LogP contribution in [0.3, 0.4) is 0 Å². The van der Waals surface area contributed by atoms with E-state index in [4.69, 9.17) is 9.26 Å². The van der Waals surface area contributed by atoms with Gasteiger partial charge in [-0.1, -0.05) is 11.2 Å². The Labute approximate surface area is 132 Å². The zero-order valence-corrected chi connectivity index (χ0v) is 13.1. The Balaban J connectivity index is 1.97. The van der Waals surface area contributed by atoms with Crippen molar-refractivity contribution < 1.29 is 19.5 Å². The van der Waals surface area contributed by atoms with E-state index in [1.165, 1.54) is 6.20 Å². The molecule has 23 heavy (non-hydrogen) atoms. The van der Waals surface area contributed by atoms with E-state index in [9.17, 15) is 10.2 Å². The number of allylic oxidation sites excluding steroid dienone is 3. The average Bonchev–Trinajstić information content (AvgIpc) is 3.01. The van der Waals surface area contributed by atoms with Gasteiger partial charge in [0.25, 0.3) is 5.89 Å². The predicted octanol–water partition coefficient (Wildman–Crippen LogP) is 2.82. The van der Waals surface area contributed by atoms with Gasteiger partial charge in [0.05, 0.1) is 19.0 Å². The number of hydrogen-bond donors (Lipinski definition) is 2. The smallest absolute Gasteiger partial charge is 0.265 e. The maximum absolute atomic E-state index is 10.1. The first-order valence-electron chi connectivity index (χ1n) is 7.15. The Morgan fingerprint density at radius 1 is 1.30 bits per heavy atom. The molecule has 0 fully saturated rings. The van der Waals surface area contributed by atoms with Crippen LogP contribution in [-0.2, 0) is 4.74 Å². The van der Waals surface area contributed by atoms with Gasteiger partial charge in [-0.15, -0.1) is 0 Å². The topological polar surface area (TPSA) is 102 Å². The summed E-state index contributed by atoms with van der Waals surface area (Å²) in [5.41, 5.74) is 1.53. The van der Waals surface area contributed by atoms with E-state index in [0.717, 1.165) is 17.8 Å². The summed E-state index contributed by atoms with van der Waals surface area (Å²) >= 11 is 0. The van der Waals surface area contributed by atoms with Crippen LogP contribution in [0.4, 0.5) is 0 Å². The van der Waals surface area contributed by atoms with Crippen molar-refractivity contribution in [3.63, 3.8) is 0 Å². The summed E-state index contributed by atoms with van der Waals surface area (Å²) in [6, 6.07) is 0. The van der Waals surface area contributed by atoms with Crippen LogP contribution in [0.1, 0.15) is 30.8 Å². The van der Waals surface area contributed by atoms with Gasteiger partial charge >= 0.3 is 0 Å². The van der Waals surface area contributed by atoms with Gasteiger partial charge < -0.3 is 19.5 Å². The third-order valence-corrected chi connectivity index (χ3v) is 3.84. The summed E-state index contributed by atoms with van der Waals surface area (Å²) in [4.78, 5) is 8.17. The number of aromatic nitrogens is 3. The first-order valence-corrected chi connectivity index (χ1v) is 7.15. The number of pyridine rings is 1. The molecule has 1 atom stereocenters. The highest BCUT2D eigenvalue weighted by Crippen LogP contribution is 2.38. The fraction of sp³-hybridized carbons (Fsp3) is 0.312. The normalized spacial score (nSPS) is 17.6. The SMILES string of the molecule is COC1=CC(c2noc(-c3c(O)cnc(C)c3O)n2)CC=C1C. The summed E-state index contributed by atoms with van der Waals surface area (Å²) in [7, 11) is 1.61. The fourth-order valence-corrected chi connectivity index (χ4v) is 2.48. The Morgan fingerprint density at radius 3 is 2.83 bits per heavy atom. The first kappa shape index (κ1) is 15.1. The lowest BCUT2D eigenvalue weighted by Crippen LogP contribution is -2.05. The van der Waals surface area contributed by atoms with E-state index in [1.54, 1.807) is 14.0 Å². The minimum absolute atomic E-state index is 0.0548. The Hall–Kier alpha value is -2.83. The van der Waals surface area contributed by atoms with Crippen molar-refractivity contribution in [2.24, 2.45) is 0 Å². The fourth-order valence-electron chi connectivity index (χ4n) is 2.48. The number of aromatic hydroxyl groups is 2. The van der Waals surface area contributed by atoms with Gasteiger partial charge in [0.1, 0.15) is 17.1 Å². The van der Waals surface area contributed by atoms with E-state index in [1.807, 2.05) is 19.1 Å². The second-order valence-corrected chi connectivity index (χ2v) is 5.37. The highest BCUT2D eigenvalue weighted by atomic mass is 16.5. The molecule has 2 aromatic rings. The van der Waals surface area contributed by atoms with Crippen molar-refractivity contribution in [3.05, 3.63) is 41.2 Å². The standard InChI is InChI=1S/C16H17N3O4/c1-8-4-5-10(6-12(8)22-3)15-18-16(23-19-15)13-11(20)7-17-9(2)14(13)21/h4,6-7,10,20-21H,5H2,1-3H3. The zero-order chi connectivity index (χ0) is 16.6. The lowest BCUT2D eigenvalue weighted by atomic mass is 9.95. The lowest BCUT2D eigenvalue weighted by Gasteiger charge is -2.16. The van der Waals surface area contributed by atoms with Crippen LogP contribution in [0, 0.1) is 6.92 Å². The monoisotopic (exact) mass is 315 g/mol. The van der Waals surface area contributed by atoms with E-state index in [-0.39, 0.29) is 28.9 Å². The maximum atomic E-state index is 10.1. The van der Waals surface area contributed by atoms with Crippen LogP contribution in [0.2, 0.25) is 0 Å². The van der Waals surface area contributed by atoms with Crippen LogP contribution < -0.4 is 0 Å². The molecule has 2 N–H and O–H groups in total. The largest absolute Gasteiger partial charge is 0.505 e. The second-order valence-electron chi connectivity index (χ2n) is 5.37. The second kappa shape index (κ2) is 5.75. The van der Waals surface area contributed by atoms with Crippen molar-refractivity contribution in [3.8, 4) is 23.0 Å². The van der Waals surface area contributed by atoms with Gasteiger partial charge in [-0.25, -0.2) is 0 Å². The molecule has 3 rings (SSSR count). The Bertz CT molecular complexity index is 808. The van der Waals surface area contributed by atoms with Gasteiger partial charge in [-0.05, 0) is 31.9 Å². The van der Waals surface area contributed by atoms with Crippen molar-refractivity contribution >= 4 is 0 Å². The van der Waals surface area contributed by atoms with Gasteiger partial charge in [-0.3, -0.25) is 4.98 Å². The van der Waals surface area contributed by atoms with E-state index in [0.29, 0.717) is 11.5 Å². The average molecular weight is 315 g/mol. The molecule has 0 aromatic carbocycles. The van der Waals surface area contributed by atoms with E-state index < -0.39 is 0 Å². The molecular formula is C16H17N3O4. The number of hydrogen-bond acceptors (Lipinski definition) is 7. The molecule has 0 bridgehead atoms. The lowest BCUT2D eigenvalue weighted by molar-refractivity contribution is 0.295. The zero-order valence-electron chi connectivity index (χ0n) is 13.1. The minimum Gasteiger partial charge on any atom is -0.505 e. The van der Waals surface area contributed by atoms with Crippen LogP contribution >= 0.6 is 0 Å². The molecule has 1 aliphatic carbocycles. The summed E-state index contributed by atoms with van der Waals surface area (Å²) < 4.78 is 10.5. The van der Waals surface area contributed by atoms with Gasteiger partial charge in [-0.2, -0.15) is 4.98 Å². The summed E-state index contributed by atoms with van der Waals surface area (Å²) in [5.74, 6) is 0.825. The van der Waals surface area contributed by atoms with Crippen molar-refractivity contribution in [2.75, 3.05) is 7.11 Å². The van der Waals surface area contributed by atoms with Gasteiger partial charge in [0, 0.05) is 5.92 Å². The van der Waals surface area contributed by atoms with Crippen molar-refractivity contribution in [2.45, 2.75) is 26.2 Å². The highest BCUT2D eigenvalue weighted by molar-refractivity contribution is 5.70. The molecule has 0 saturated heterocycles. The Kier molecular flexibility index (Phi) is 3.77. The van der Waals surface area contributed by atoms with Crippen molar-refractivity contribution in [1.29, 1.82) is 0 Å². The molecule has 0 radical (unpaired) electrons. The highest BCUT2D eigenvalue weighted by Gasteiger charge is 2.24. The number of nitrogens with zero attached hydrogens (tertiary/aromatic N) is 3. The molecule has 1 aliphatic rings. The first-order chi connectivity index (χ1) is 11.0.